The van der Waals surface area contributed by atoms with Crippen LogP contribution in [0.4, 0.5) is 4.39 Å². The minimum atomic E-state index is -0.263. The molecule has 0 heterocycles. The van der Waals surface area contributed by atoms with Crippen LogP contribution < -0.4 is 5.73 Å². The van der Waals surface area contributed by atoms with Crippen molar-refractivity contribution in [2.45, 2.75) is 24.8 Å². The molecular weight excluding hydrogens is 261 g/mol. The van der Waals surface area contributed by atoms with Gasteiger partial charge in [0.25, 0.3) is 0 Å². The Morgan fingerprint density at radius 1 is 1.26 bits per heavy atom. The SMILES string of the molecule is NC(Cc1cc(F)ccc1Cl)C1Cc2ccccc21. The van der Waals surface area contributed by atoms with E-state index in [1.165, 1.54) is 23.3 Å². The van der Waals surface area contributed by atoms with Crippen LogP contribution in [0.3, 0.4) is 0 Å². The Labute approximate surface area is 117 Å². The minimum absolute atomic E-state index is 0.0193. The molecule has 0 radical (unpaired) electrons. The Hall–Kier alpha value is -1.38. The largest absolute Gasteiger partial charge is 0.327 e. The molecule has 0 saturated carbocycles. The summed E-state index contributed by atoms with van der Waals surface area (Å²) in [5.41, 5.74) is 9.74. The Morgan fingerprint density at radius 3 is 2.84 bits per heavy atom. The number of hydrogen-bond acceptors (Lipinski definition) is 1. The van der Waals surface area contributed by atoms with E-state index in [0.29, 0.717) is 17.4 Å². The first-order valence-corrected chi connectivity index (χ1v) is 6.80. The van der Waals surface area contributed by atoms with Gasteiger partial charge in [-0.05, 0) is 47.7 Å². The van der Waals surface area contributed by atoms with Gasteiger partial charge in [0.2, 0.25) is 0 Å². The minimum Gasteiger partial charge on any atom is -0.327 e. The van der Waals surface area contributed by atoms with Crippen molar-refractivity contribution in [1.82, 2.24) is 0 Å². The number of rotatable bonds is 3. The first-order valence-electron chi connectivity index (χ1n) is 6.42. The third kappa shape index (κ3) is 2.38. The van der Waals surface area contributed by atoms with Gasteiger partial charge in [0.05, 0.1) is 0 Å². The van der Waals surface area contributed by atoms with Gasteiger partial charge < -0.3 is 5.73 Å². The first kappa shape index (κ1) is 12.6. The van der Waals surface area contributed by atoms with Gasteiger partial charge in [-0.1, -0.05) is 35.9 Å². The Kier molecular flexibility index (Phi) is 3.29. The van der Waals surface area contributed by atoms with Crippen molar-refractivity contribution in [1.29, 1.82) is 0 Å². The highest BCUT2D eigenvalue weighted by Crippen LogP contribution is 2.37. The van der Waals surface area contributed by atoms with Crippen LogP contribution in [-0.4, -0.2) is 6.04 Å². The molecule has 3 rings (SSSR count). The molecule has 2 N–H and O–H groups in total. The summed E-state index contributed by atoms with van der Waals surface area (Å²) >= 11 is 6.08. The second kappa shape index (κ2) is 4.95. The maximum absolute atomic E-state index is 13.2. The number of nitrogens with two attached hydrogens (primary N) is 1. The van der Waals surface area contributed by atoms with Gasteiger partial charge in [0.15, 0.2) is 0 Å². The van der Waals surface area contributed by atoms with Crippen LogP contribution in [0.15, 0.2) is 42.5 Å². The molecule has 0 saturated heterocycles. The molecule has 0 spiro atoms. The molecular formula is C16H15ClFN. The van der Waals surface area contributed by atoms with Crippen LogP contribution in [0.25, 0.3) is 0 Å². The molecule has 2 aromatic rings. The Balaban J connectivity index is 1.76. The molecule has 1 aliphatic rings. The van der Waals surface area contributed by atoms with Crippen LogP contribution in [0.2, 0.25) is 5.02 Å². The fourth-order valence-corrected chi connectivity index (χ4v) is 2.97. The van der Waals surface area contributed by atoms with E-state index in [1.807, 2.05) is 12.1 Å². The molecule has 19 heavy (non-hydrogen) atoms. The second-order valence-electron chi connectivity index (χ2n) is 5.11. The summed E-state index contributed by atoms with van der Waals surface area (Å²) in [5.74, 6) is 0.0937. The molecule has 0 bridgehead atoms. The van der Waals surface area contributed by atoms with E-state index in [4.69, 9.17) is 17.3 Å². The van der Waals surface area contributed by atoms with E-state index in [2.05, 4.69) is 12.1 Å². The second-order valence-corrected chi connectivity index (χ2v) is 5.52. The standard InChI is InChI=1S/C16H15ClFN/c17-15-6-5-12(18)7-11(15)9-16(19)14-8-10-3-1-2-4-13(10)14/h1-7,14,16H,8-9,19H2. The molecule has 0 fully saturated rings. The van der Waals surface area contributed by atoms with Crippen molar-refractivity contribution in [3.8, 4) is 0 Å². The van der Waals surface area contributed by atoms with E-state index in [-0.39, 0.29) is 11.9 Å². The summed E-state index contributed by atoms with van der Waals surface area (Å²) in [4.78, 5) is 0. The Bertz CT molecular complexity index is 611. The molecule has 2 atom stereocenters. The number of fused-ring (bicyclic) bond motifs is 1. The summed E-state index contributed by atoms with van der Waals surface area (Å²) in [6, 6.07) is 12.8. The number of hydrogen-bond donors (Lipinski definition) is 1. The summed E-state index contributed by atoms with van der Waals surface area (Å²) in [6.45, 7) is 0. The normalized spacial score (nSPS) is 18.6. The summed E-state index contributed by atoms with van der Waals surface area (Å²) in [7, 11) is 0. The van der Waals surface area contributed by atoms with Crippen molar-refractivity contribution in [2.24, 2.45) is 5.73 Å². The number of benzene rings is 2. The monoisotopic (exact) mass is 275 g/mol. The maximum Gasteiger partial charge on any atom is 0.123 e. The van der Waals surface area contributed by atoms with Gasteiger partial charge in [-0.15, -0.1) is 0 Å². The van der Waals surface area contributed by atoms with Crippen LogP contribution in [-0.2, 0) is 12.8 Å². The highest BCUT2D eigenvalue weighted by atomic mass is 35.5. The molecule has 0 aliphatic heterocycles. The molecule has 98 valence electrons. The van der Waals surface area contributed by atoms with Crippen LogP contribution in [0.5, 0.6) is 0 Å². The fourth-order valence-electron chi connectivity index (χ4n) is 2.78. The van der Waals surface area contributed by atoms with E-state index >= 15 is 0 Å². The quantitative estimate of drug-likeness (QED) is 0.908. The zero-order valence-corrected chi connectivity index (χ0v) is 11.2. The molecule has 0 amide bonds. The van der Waals surface area contributed by atoms with Crippen LogP contribution >= 0.6 is 11.6 Å². The van der Waals surface area contributed by atoms with Gasteiger partial charge in [0, 0.05) is 17.0 Å². The third-order valence-corrected chi connectivity index (χ3v) is 4.24. The van der Waals surface area contributed by atoms with E-state index in [9.17, 15) is 4.39 Å². The highest BCUT2D eigenvalue weighted by molar-refractivity contribution is 6.31. The predicted octanol–water partition coefficient (Wildman–Crippen LogP) is 3.69. The average molecular weight is 276 g/mol. The van der Waals surface area contributed by atoms with Crippen molar-refractivity contribution < 1.29 is 4.39 Å². The summed E-state index contributed by atoms with van der Waals surface area (Å²) in [6.07, 6.45) is 1.61. The highest BCUT2D eigenvalue weighted by Gasteiger charge is 2.30. The fraction of sp³-hybridized carbons (Fsp3) is 0.250. The molecule has 1 nitrogen and oxygen atoms in total. The molecule has 2 unspecified atom stereocenters. The zero-order valence-electron chi connectivity index (χ0n) is 10.4. The van der Waals surface area contributed by atoms with Crippen molar-refractivity contribution >= 4 is 11.6 Å². The van der Waals surface area contributed by atoms with Crippen molar-refractivity contribution in [2.75, 3.05) is 0 Å². The van der Waals surface area contributed by atoms with Crippen molar-refractivity contribution in [3.63, 3.8) is 0 Å². The molecule has 1 aliphatic carbocycles. The van der Waals surface area contributed by atoms with Gasteiger partial charge in [-0.25, -0.2) is 4.39 Å². The Morgan fingerprint density at radius 2 is 2.05 bits per heavy atom. The van der Waals surface area contributed by atoms with Gasteiger partial charge in [-0.3, -0.25) is 0 Å². The lowest BCUT2D eigenvalue weighted by molar-refractivity contribution is 0.479. The maximum atomic E-state index is 13.2. The lowest BCUT2D eigenvalue weighted by Gasteiger charge is -2.34. The topological polar surface area (TPSA) is 26.0 Å². The van der Waals surface area contributed by atoms with E-state index in [1.54, 1.807) is 6.07 Å². The van der Waals surface area contributed by atoms with Crippen LogP contribution in [0, 0.1) is 5.82 Å². The number of halogens is 2. The third-order valence-electron chi connectivity index (χ3n) is 3.87. The molecule has 0 aromatic heterocycles. The van der Waals surface area contributed by atoms with Gasteiger partial charge in [-0.2, -0.15) is 0 Å². The average Bonchev–Trinajstić information content (AvgIpc) is 2.35. The van der Waals surface area contributed by atoms with Gasteiger partial charge in [0.1, 0.15) is 5.82 Å². The van der Waals surface area contributed by atoms with Crippen molar-refractivity contribution in [3.05, 3.63) is 70.0 Å². The lowest BCUT2D eigenvalue weighted by Crippen LogP contribution is -2.37. The zero-order chi connectivity index (χ0) is 13.4. The summed E-state index contributed by atoms with van der Waals surface area (Å²) < 4.78 is 13.2. The lowest BCUT2D eigenvalue weighted by atomic mass is 9.72. The van der Waals surface area contributed by atoms with E-state index in [0.717, 1.165) is 12.0 Å². The predicted molar refractivity (Wildman–Crippen MR) is 76.0 cm³/mol. The molecule has 3 heteroatoms. The van der Waals surface area contributed by atoms with Crippen LogP contribution in [0.1, 0.15) is 22.6 Å². The van der Waals surface area contributed by atoms with E-state index < -0.39 is 0 Å². The smallest absolute Gasteiger partial charge is 0.123 e. The first-order chi connectivity index (χ1) is 9.15. The molecule has 2 aromatic carbocycles. The summed E-state index contributed by atoms with van der Waals surface area (Å²) in [5, 5.41) is 0.587. The van der Waals surface area contributed by atoms with Gasteiger partial charge >= 0.3 is 0 Å².